The molecule has 0 heterocycles. The summed E-state index contributed by atoms with van der Waals surface area (Å²) in [7, 11) is 0. The molecule has 18 heavy (non-hydrogen) atoms. The average Bonchev–Trinajstić information content (AvgIpc) is 2.40. The molecule has 0 aliphatic rings. The van der Waals surface area contributed by atoms with Gasteiger partial charge in [0.2, 0.25) is 0 Å². The fourth-order valence-corrected chi connectivity index (χ4v) is 1.59. The zero-order chi connectivity index (χ0) is 13.1. The topological polar surface area (TPSA) is 18.5 Å². The van der Waals surface area contributed by atoms with Crippen LogP contribution in [0.4, 0.5) is 0 Å². The molecule has 0 aliphatic heterocycles. The van der Waals surface area contributed by atoms with Crippen molar-refractivity contribution in [1.29, 1.82) is 0 Å². The molecule has 1 rings (SSSR count). The van der Waals surface area contributed by atoms with E-state index in [-0.39, 0.29) is 0 Å². The Labute approximate surface area is 111 Å². The standard InChI is InChI=1S/C16H24O2/c1-3-5-7-8-14-18-16-11-9-15(10-12-16)17-13-6-4-2/h4,6,9-12H,3,5,7-8,13-14H2,1-2H3. The minimum Gasteiger partial charge on any atom is -0.494 e. The SMILES string of the molecule is CC=CCOc1ccc(OCCCCCC)cc1. The summed E-state index contributed by atoms with van der Waals surface area (Å²) in [6.45, 7) is 5.62. The Morgan fingerprint density at radius 2 is 1.61 bits per heavy atom. The summed E-state index contributed by atoms with van der Waals surface area (Å²) in [6.07, 6.45) is 8.90. The minimum atomic E-state index is 0.619. The van der Waals surface area contributed by atoms with Gasteiger partial charge in [0, 0.05) is 0 Å². The first kappa shape index (κ1) is 14.6. The molecular weight excluding hydrogens is 224 g/mol. The zero-order valence-corrected chi connectivity index (χ0v) is 11.5. The van der Waals surface area contributed by atoms with Crippen LogP contribution < -0.4 is 9.47 Å². The molecule has 100 valence electrons. The largest absolute Gasteiger partial charge is 0.494 e. The van der Waals surface area contributed by atoms with Crippen molar-refractivity contribution < 1.29 is 9.47 Å². The monoisotopic (exact) mass is 248 g/mol. The lowest BCUT2D eigenvalue weighted by Gasteiger charge is -2.07. The number of unbranched alkanes of at least 4 members (excludes halogenated alkanes) is 3. The third-order valence-corrected chi connectivity index (χ3v) is 2.67. The van der Waals surface area contributed by atoms with Crippen molar-refractivity contribution in [3.63, 3.8) is 0 Å². The van der Waals surface area contributed by atoms with Crippen LogP contribution in [0.5, 0.6) is 11.5 Å². The molecule has 0 unspecified atom stereocenters. The lowest BCUT2D eigenvalue weighted by molar-refractivity contribution is 0.304. The molecule has 0 saturated carbocycles. The van der Waals surface area contributed by atoms with Crippen LogP contribution in [0, 0.1) is 0 Å². The van der Waals surface area contributed by atoms with Gasteiger partial charge >= 0.3 is 0 Å². The van der Waals surface area contributed by atoms with Crippen LogP contribution in [0.25, 0.3) is 0 Å². The van der Waals surface area contributed by atoms with Crippen molar-refractivity contribution in [3.05, 3.63) is 36.4 Å². The molecule has 0 fully saturated rings. The molecule has 1 aromatic carbocycles. The molecule has 2 heteroatoms. The summed E-state index contributed by atoms with van der Waals surface area (Å²) in [6, 6.07) is 7.82. The lowest BCUT2D eigenvalue weighted by Crippen LogP contribution is -1.97. The Kier molecular flexibility index (Phi) is 7.78. The van der Waals surface area contributed by atoms with Crippen LogP contribution in [0.2, 0.25) is 0 Å². The minimum absolute atomic E-state index is 0.619. The first-order valence-corrected chi connectivity index (χ1v) is 6.83. The number of hydrogen-bond donors (Lipinski definition) is 0. The molecule has 0 aromatic heterocycles. The summed E-state index contributed by atoms with van der Waals surface area (Å²) < 4.78 is 11.2. The van der Waals surface area contributed by atoms with Crippen molar-refractivity contribution in [3.8, 4) is 11.5 Å². The maximum Gasteiger partial charge on any atom is 0.120 e. The van der Waals surface area contributed by atoms with Crippen LogP contribution in [0.15, 0.2) is 36.4 Å². The first-order valence-electron chi connectivity index (χ1n) is 6.83. The highest BCUT2D eigenvalue weighted by atomic mass is 16.5. The quantitative estimate of drug-likeness (QED) is 0.469. The van der Waals surface area contributed by atoms with Crippen molar-refractivity contribution in [2.75, 3.05) is 13.2 Å². The average molecular weight is 248 g/mol. The zero-order valence-electron chi connectivity index (χ0n) is 11.5. The molecule has 1 aromatic rings. The molecule has 2 nitrogen and oxygen atoms in total. The Morgan fingerprint density at radius 3 is 2.22 bits per heavy atom. The first-order chi connectivity index (χ1) is 8.86. The molecule has 0 spiro atoms. The summed E-state index contributed by atoms with van der Waals surface area (Å²) in [5.74, 6) is 1.80. The lowest BCUT2D eigenvalue weighted by atomic mass is 10.2. The molecule has 0 saturated heterocycles. The number of rotatable bonds is 9. The van der Waals surface area contributed by atoms with E-state index in [0.717, 1.165) is 24.5 Å². The Morgan fingerprint density at radius 1 is 0.944 bits per heavy atom. The summed E-state index contributed by atoms with van der Waals surface area (Å²) in [4.78, 5) is 0. The second kappa shape index (κ2) is 9.58. The summed E-state index contributed by atoms with van der Waals surface area (Å²) in [5.41, 5.74) is 0. The van der Waals surface area contributed by atoms with E-state index in [0.29, 0.717) is 6.61 Å². The fraction of sp³-hybridized carbons (Fsp3) is 0.500. The Bertz CT molecular complexity index is 327. The van der Waals surface area contributed by atoms with Gasteiger partial charge in [-0.05, 0) is 37.6 Å². The Balaban J connectivity index is 2.23. The van der Waals surface area contributed by atoms with Gasteiger partial charge in [-0.2, -0.15) is 0 Å². The van der Waals surface area contributed by atoms with Gasteiger partial charge in [-0.1, -0.05) is 38.3 Å². The van der Waals surface area contributed by atoms with Gasteiger partial charge in [0.1, 0.15) is 18.1 Å². The number of hydrogen-bond acceptors (Lipinski definition) is 2. The van der Waals surface area contributed by atoms with Crippen LogP contribution in [0.1, 0.15) is 39.5 Å². The van der Waals surface area contributed by atoms with Gasteiger partial charge in [0.15, 0.2) is 0 Å². The van der Waals surface area contributed by atoms with Gasteiger partial charge in [-0.15, -0.1) is 0 Å². The number of ether oxygens (including phenoxy) is 2. The van der Waals surface area contributed by atoms with Crippen molar-refractivity contribution >= 4 is 0 Å². The van der Waals surface area contributed by atoms with E-state index in [9.17, 15) is 0 Å². The van der Waals surface area contributed by atoms with Gasteiger partial charge in [-0.3, -0.25) is 0 Å². The van der Waals surface area contributed by atoms with Crippen LogP contribution in [-0.4, -0.2) is 13.2 Å². The third kappa shape index (κ3) is 6.33. The smallest absolute Gasteiger partial charge is 0.120 e. The normalized spacial score (nSPS) is 10.8. The van der Waals surface area contributed by atoms with Crippen LogP contribution in [0.3, 0.4) is 0 Å². The maximum absolute atomic E-state index is 5.66. The summed E-state index contributed by atoms with van der Waals surface area (Å²) >= 11 is 0. The van der Waals surface area contributed by atoms with E-state index in [1.54, 1.807) is 0 Å². The number of allylic oxidation sites excluding steroid dienone is 1. The summed E-state index contributed by atoms with van der Waals surface area (Å²) in [5, 5.41) is 0. The Hall–Kier alpha value is -1.44. The van der Waals surface area contributed by atoms with Gasteiger partial charge in [0.25, 0.3) is 0 Å². The van der Waals surface area contributed by atoms with E-state index < -0.39 is 0 Å². The van der Waals surface area contributed by atoms with E-state index >= 15 is 0 Å². The molecule has 0 atom stereocenters. The van der Waals surface area contributed by atoms with Crippen molar-refractivity contribution in [2.24, 2.45) is 0 Å². The highest BCUT2D eigenvalue weighted by Crippen LogP contribution is 2.17. The van der Waals surface area contributed by atoms with Crippen LogP contribution in [-0.2, 0) is 0 Å². The molecular formula is C16H24O2. The predicted octanol–water partition coefficient (Wildman–Crippen LogP) is 4.60. The molecule has 0 radical (unpaired) electrons. The molecule has 0 bridgehead atoms. The highest BCUT2D eigenvalue weighted by Gasteiger charge is 1.96. The van der Waals surface area contributed by atoms with Gasteiger partial charge in [0.05, 0.1) is 6.61 Å². The second-order valence-electron chi connectivity index (χ2n) is 4.26. The molecule has 0 amide bonds. The van der Waals surface area contributed by atoms with E-state index in [4.69, 9.17) is 9.47 Å². The highest BCUT2D eigenvalue weighted by molar-refractivity contribution is 5.31. The van der Waals surface area contributed by atoms with E-state index in [2.05, 4.69) is 6.92 Å². The van der Waals surface area contributed by atoms with Crippen molar-refractivity contribution in [2.45, 2.75) is 39.5 Å². The van der Waals surface area contributed by atoms with Gasteiger partial charge < -0.3 is 9.47 Å². The second-order valence-corrected chi connectivity index (χ2v) is 4.26. The van der Waals surface area contributed by atoms with Gasteiger partial charge in [-0.25, -0.2) is 0 Å². The fourth-order valence-electron chi connectivity index (χ4n) is 1.59. The van der Waals surface area contributed by atoms with E-state index in [1.807, 2.05) is 43.3 Å². The molecule has 0 aliphatic carbocycles. The van der Waals surface area contributed by atoms with Crippen molar-refractivity contribution in [1.82, 2.24) is 0 Å². The molecule has 0 N–H and O–H groups in total. The predicted molar refractivity (Wildman–Crippen MR) is 76.4 cm³/mol. The van der Waals surface area contributed by atoms with Crippen LogP contribution >= 0.6 is 0 Å². The van der Waals surface area contributed by atoms with E-state index in [1.165, 1.54) is 19.3 Å². The maximum atomic E-state index is 5.66. The third-order valence-electron chi connectivity index (χ3n) is 2.67. The number of benzene rings is 1.